The number of nitrogens with one attached hydrogen (secondary N) is 1. The maximum absolute atomic E-state index is 14.1. The topological polar surface area (TPSA) is 143 Å². The molecule has 1 aromatic heterocycles. The number of aliphatic hydroxyl groups excluding tert-OH is 1. The van der Waals surface area contributed by atoms with E-state index in [0.717, 1.165) is 16.7 Å². The first-order valence-corrected chi connectivity index (χ1v) is 14.2. The quantitative estimate of drug-likeness (QED) is 0.284. The summed E-state index contributed by atoms with van der Waals surface area (Å²) in [6, 6.07) is 23.4. The second-order valence-corrected chi connectivity index (χ2v) is 11.7. The third kappa shape index (κ3) is 4.71. The van der Waals surface area contributed by atoms with Gasteiger partial charge in [0.25, 0.3) is 0 Å². The van der Waals surface area contributed by atoms with Crippen LogP contribution in [0.4, 0.5) is 0 Å². The second kappa shape index (κ2) is 10.7. The lowest BCUT2D eigenvalue weighted by atomic mass is 9.99. The van der Waals surface area contributed by atoms with Gasteiger partial charge in [0.05, 0.1) is 11.6 Å². The van der Waals surface area contributed by atoms with Crippen LogP contribution in [0.15, 0.2) is 78.9 Å². The number of para-hydroxylation sites is 1. The fourth-order valence-corrected chi connectivity index (χ4v) is 6.32. The minimum atomic E-state index is -1.25. The highest BCUT2D eigenvalue weighted by atomic mass is 16.3. The van der Waals surface area contributed by atoms with Gasteiger partial charge in [0.1, 0.15) is 23.1 Å². The van der Waals surface area contributed by atoms with Gasteiger partial charge in [-0.3, -0.25) is 14.4 Å². The zero-order chi connectivity index (χ0) is 29.6. The number of nitrogens with two attached hydrogens (primary N) is 1. The molecule has 1 unspecified atom stereocenters. The van der Waals surface area contributed by atoms with E-state index in [1.165, 1.54) is 4.90 Å². The van der Waals surface area contributed by atoms with E-state index in [-0.39, 0.29) is 24.8 Å². The first-order valence-electron chi connectivity index (χ1n) is 14.2. The molecule has 1 aliphatic heterocycles. The molecule has 3 aromatic carbocycles. The van der Waals surface area contributed by atoms with E-state index in [4.69, 9.17) is 5.73 Å². The van der Waals surface area contributed by atoms with Gasteiger partial charge in [-0.1, -0.05) is 85.8 Å². The number of rotatable bonds is 9. The Kier molecular flexibility index (Phi) is 7.02. The van der Waals surface area contributed by atoms with Crippen LogP contribution in [0.25, 0.3) is 22.2 Å². The van der Waals surface area contributed by atoms with Crippen molar-refractivity contribution in [3.05, 3.63) is 84.4 Å². The molecule has 42 heavy (non-hydrogen) atoms. The van der Waals surface area contributed by atoms with Gasteiger partial charge in [-0.05, 0) is 41.2 Å². The highest BCUT2D eigenvalue weighted by molar-refractivity contribution is 5.99. The predicted octanol–water partition coefficient (Wildman–Crippen LogP) is 2.47. The lowest BCUT2D eigenvalue weighted by Crippen LogP contribution is -2.57. The van der Waals surface area contributed by atoms with Gasteiger partial charge < -0.3 is 21.1 Å². The molecule has 4 N–H and O–H groups in total. The van der Waals surface area contributed by atoms with Gasteiger partial charge in [-0.2, -0.15) is 0 Å². The maximum atomic E-state index is 14.1. The Labute approximate surface area is 243 Å². The number of fused-ring (bicyclic) bond motifs is 2. The molecular formula is C32H34N6O4. The van der Waals surface area contributed by atoms with Gasteiger partial charge in [0.15, 0.2) is 0 Å². The predicted molar refractivity (Wildman–Crippen MR) is 157 cm³/mol. The highest BCUT2D eigenvalue weighted by Gasteiger charge is 2.72. The number of likely N-dealkylation sites (tertiary alicyclic amines) is 1. The number of aromatic nitrogens is 3. The van der Waals surface area contributed by atoms with Crippen molar-refractivity contribution >= 4 is 28.8 Å². The van der Waals surface area contributed by atoms with Crippen molar-refractivity contribution in [1.29, 1.82) is 0 Å². The lowest BCUT2D eigenvalue weighted by Gasteiger charge is -2.33. The normalized spacial score (nSPS) is 22.5. The molecule has 216 valence electrons. The molecule has 10 heteroatoms. The highest BCUT2D eigenvalue weighted by Crippen LogP contribution is 2.56. The first-order chi connectivity index (χ1) is 20.2. The number of hydrogen-bond acceptors (Lipinski definition) is 6. The fourth-order valence-electron chi connectivity index (χ4n) is 6.32. The van der Waals surface area contributed by atoms with E-state index in [1.54, 1.807) is 4.68 Å². The Morgan fingerprint density at radius 2 is 1.67 bits per heavy atom. The van der Waals surface area contributed by atoms with Crippen molar-refractivity contribution in [2.75, 3.05) is 6.54 Å². The zero-order valence-electron chi connectivity index (χ0n) is 23.6. The molecule has 0 spiro atoms. The molecule has 2 fully saturated rings. The van der Waals surface area contributed by atoms with Crippen molar-refractivity contribution in [3.8, 4) is 11.1 Å². The van der Waals surface area contributed by atoms with E-state index in [2.05, 4.69) is 15.6 Å². The van der Waals surface area contributed by atoms with Crippen molar-refractivity contribution in [1.82, 2.24) is 25.2 Å². The van der Waals surface area contributed by atoms with Gasteiger partial charge >= 0.3 is 0 Å². The molecule has 1 saturated heterocycles. The third-order valence-corrected chi connectivity index (χ3v) is 8.63. The molecule has 6 rings (SSSR count). The summed E-state index contributed by atoms with van der Waals surface area (Å²) in [4.78, 5) is 41.9. The molecule has 1 saturated carbocycles. The molecule has 3 amide bonds. The maximum Gasteiger partial charge on any atom is 0.248 e. The largest absolute Gasteiger partial charge is 0.391 e. The van der Waals surface area contributed by atoms with Crippen LogP contribution in [-0.4, -0.2) is 67.0 Å². The SMILES string of the molecule is CC(C)[C@H](C(=O)N1C[C@H](O)[C@H]2CC21C(=O)N[C@H](Cc1ccc(-c2ccccc2)cc1)C(N)=O)n1nnc2ccccc21. The van der Waals surface area contributed by atoms with Crippen LogP contribution in [0.5, 0.6) is 0 Å². The Bertz CT molecular complexity index is 1640. The Balaban J connectivity index is 1.22. The minimum Gasteiger partial charge on any atom is -0.391 e. The summed E-state index contributed by atoms with van der Waals surface area (Å²) in [6.45, 7) is 3.85. The zero-order valence-corrected chi connectivity index (χ0v) is 23.6. The number of benzene rings is 3. The molecular weight excluding hydrogens is 532 g/mol. The van der Waals surface area contributed by atoms with Gasteiger partial charge in [0.2, 0.25) is 17.7 Å². The van der Waals surface area contributed by atoms with Crippen LogP contribution in [0.3, 0.4) is 0 Å². The molecule has 5 atom stereocenters. The third-order valence-electron chi connectivity index (χ3n) is 8.63. The Morgan fingerprint density at radius 1 is 1.00 bits per heavy atom. The molecule has 2 heterocycles. The van der Waals surface area contributed by atoms with Gasteiger partial charge in [-0.25, -0.2) is 4.68 Å². The number of hydrogen-bond donors (Lipinski definition) is 3. The summed E-state index contributed by atoms with van der Waals surface area (Å²) in [5.74, 6) is -2.06. The Hall–Kier alpha value is -4.57. The number of amides is 3. The number of aliphatic hydroxyl groups is 1. The molecule has 1 aliphatic carbocycles. The minimum absolute atomic E-state index is 0.0228. The van der Waals surface area contributed by atoms with Gasteiger partial charge in [0, 0.05) is 18.9 Å². The number of nitrogens with zero attached hydrogens (tertiary/aromatic N) is 4. The van der Waals surface area contributed by atoms with Crippen LogP contribution in [0.1, 0.15) is 31.9 Å². The average Bonchev–Trinajstić information content (AvgIpc) is 3.51. The molecule has 0 radical (unpaired) electrons. The monoisotopic (exact) mass is 566 g/mol. The van der Waals surface area contributed by atoms with Crippen molar-refractivity contribution in [2.45, 2.75) is 50.4 Å². The van der Waals surface area contributed by atoms with Crippen LogP contribution in [-0.2, 0) is 20.8 Å². The first kappa shape index (κ1) is 27.6. The lowest BCUT2D eigenvalue weighted by molar-refractivity contribution is -0.145. The number of piperidine rings is 1. The molecule has 2 aliphatic rings. The van der Waals surface area contributed by atoms with Crippen LogP contribution < -0.4 is 11.1 Å². The summed E-state index contributed by atoms with van der Waals surface area (Å²) >= 11 is 0. The van der Waals surface area contributed by atoms with Crippen molar-refractivity contribution in [2.24, 2.45) is 17.6 Å². The molecule has 10 nitrogen and oxygen atoms in total. The summed E-state index contributed by atoms with van der Waals surface area (Å²) in [5, 5.41) is 22.1. The summed E-state index contributed by atoms with van der Waals surface area (Å²) in [5.41, 5.74) is 8.81. The standard InChI is InChI=1S/C32H34N6O4/c1-19(2)28(38-26-11-7-6-10-24(26)35-36-38)30(41)37-18-27(39)23-17-32(23,37)31(42)34-25(29(33)40)16-20-12-14-22(15-13-20)21-8-4-3-5-9-21/h3-15,19,23,25,27-28,39H,16-18H2,1-2H3,(H2,33,40)(H,34,42)/t23-,25-,27+,28-,32?/m1/s1. The molecule has 0 bridgehead atoms. The van der Waals surface area contributed by atoms with E-state index in [0.29, 0.717) is 17.5 Å². The fraction of sp³-hybridized carbons (Fsp3) is 0.344. The van der Waals surface area contributed by atoms with E-state index in [9.17, 15) is 19.5 Å². The van der Waals surface area contributed by atoms with Crippen LogP contribution in [0, 0.1) is 11.8 Å². The summed E-state index contributed by atoms with van der Waals surface area (Å²) < 4.78 is 1.60. The van der Waals surface area contributed by atoms with E-state index in [1.807, 2.05) is 92.7 Å². The van der Waals surface area contributed by atoms with E-state index < -0.39 is 41.5 Å². The van der Waals surface area contributed by atoms with Crippen LogP contribution >= 0.6 is 0 Å². The van der Waals surface area contributed by atoms with E-state index >= 15 is 0 Å². The average molecular weight is 567 g/mol. The van der Waals surface area contributed by atoms with Crippen molar-refractivity contribution in [3.63, 3.8) is 0 Å². The number of carbonyl (C=O) groups excluding carboxylic acids is 3. The summed E-state index contributed by atoms with van der Waals surface area (Å²) in [6.07, 6.45) is -0.337. The molecule has 4 aromatic rings. The number of primary amides is 1. The number of β-amino-alcohol motifs (C(OH)–C–C–N with tert-alkyl or cyclic N) is 1. The van der Waals surface area contributed by atoms with Crippen LogP contribution in [0.2, 0.25) is 0 Å². The second-order valence-electron chi connectivity index (χ2n) is 11.7. The summed E-state index contributed by atoms with van der Waals surface area (Å²) in [7, 11) is 0. The van der Waals surface area contributed by atoms with Crippen molar-refractivity contribution < 1.29 is 19.5 Å². The Morgan fingerprint density at radius 3 is 2.33 bits per heavy atom. The smallest absolute Gasteiger partial charge is 0.248 e. The van der Waals surface area contributed by atoms with Gasteiger partial charge in [-0.15, -0.1) is 5.10 Å². The number of carbonyl (C=O) groups is 3.